The normalized spacial score (nSPS) is 17.8. The van der Waals surface area contributed by atoms with Gasteiger partial charge in [-0.15, -0.1) is 11.3 Å². The summed E-state index contributed by atoms with van der Waals surface area (Å²) in [5.74, 6) is -1.38. The van der Waals surface area contributed by atoms with Gasteiger partial charge in [-0.05, 0) is 43.2 Å². The minimum Gasteiger partial charge on any atom is -0.319 e. The Balaban J connectivity index is 1.61. The zero-order valence-corrected chi connectivity index (χ0v) is 19.1. The summed E-state index contributed by atoms with van der Waals surface area (Å²) in [6.07, 6.45) is 0.339. The number of aryl methyl sites for hydroxylation is 1. The fourth-order valence-corrected chi connectivity index (χ4v) is 4.54. The molecule has 170 valence electrons. The number of carbonyl (C=O) groups excluding carboxylic acids is 3. The molecule has 33 heavy (non-hydrogen) atoms. The zero-order chi connectivity index (χ0) is 23.6. The first-order valence-electron chi connectivity index (χ1n) is 10.5. The van der Waals surface area contributed by atoms with Crippen LogP contribution in [0, 0.1) is 12.7 Å². The predicted octanol–water partition coefficient (Wildman–Crippen LogP) is 3.98. The number of halogens is 1. The van der Waals surface area contributed by atoms with Gasteiger partial charge < -0.3 is 10.2 Å². The third-order valence-corrected chi connectivity index (χ3v) is 6.51. The first-order valence-corrected chi connectivity index (χ1v) is 11.4. The van der Waals surface area contributed by atoms with Crippen LogP contribution in [0.5, 0.6) is 0 Å². The second kappa shape index (κ2) is 9.11. The average molecular weight is 467 g/mol. The van der Waals surface area contributed by atoms with E-state index in [1.165, 1.54) is 40.5 Å². The highest BCUT2D eigenvalue weighted by Gasteiger charge is 2.51. The van der Waals surface area contributed by atoms with Crippen molar-refractivity contribution in [3.8, 4) is 0 Å². The number of thiazole rings is 1. The molecule has 2 aromatic carbocycles. The van der Waals surface area contributed by atoms with E-state index >= 15 is 0 Å². The number of aromatic nitrogens is 1. The van der Waals surface area contributed by atoms with E-state index in [0.717, 1.165) is 9.91 Å². The summed E-state index contributed by atoms with van der Waals surface area (Å²) in [5, 5.41) is 5.47. The van der Waals surface area contributed by atoms with Crippen molar-refractivity contribution < 1.29 is 18.8 Å². The number of amides is 4. The Morgan fingerprint density at radius 1 is 1.15 bits per heavy atom. The SMILES string of the molecule is CCC1(c2ccccc2)NC(=O)N(CC(=O)N(Cc2csc(C)n2)c2ccc(F)cc2)C1=O. The maximum Gasteiger partial charge on any atom is 0.325 e. The molecule has 1 saturated heterocycles. The molecule has 1 N–H and O–H groups in total. The van der Waals surface area contributed by atoms with Crippen LogP contribution in [0.2, 0.25) is 0 Å². The van der Waals surface area contributed by atoms with Gasteiger partial charge in [0.05, 0.1) is 17.2 Å². The molecule has 0 radical (unpaired) electrons. The van der Waals surface area contributed by atoms with Gasteiger partial charge in [0.2, 0.25) is 5.91 Å². The van der Waals surface area contributed by atoms with E-state index in [2.05, 4.69) is 10.3 Å². The lowest BCUT2D eigenvalue weighted by molar-refractivity contribution is -0.134. The van der Waals surface area contributed by atoms with Crippen molar-refractivity contribution in [2.45, 2.75) is 32.4 Å². The molecule has 9 heteroatoms. The van der Waals surface area contributed by atoms with Crippen LogP contribution in [-0.4, -0.2) is 34.3 Å². The van der Waals surface area contributed by atoms with Gasteiger partial charge in [-0.25, -0.2) is 14.2 Å². The van der Waals surface area contributed by atoms with Gasteiger partial charge in [0, 0.05) is 11.1 Å². The highest BCUT2D eigenvalue weighted by Crippen LogP contribution is 2.32. The molecule has 0 saturated carbocycles. The summed E-state index contributed by atoms with van der Waals surface area (Å²) in [7, 11) is 0. The summed E-state index contributed by atoms with van der Waals surface area (Å²) in [4.78, 5) is 46.3. The van der Waals surface area contributed by atoms with Crippen LogP contribution in [0.1, 0.15) is 29.6 Å². The number of anilines is 1. The fourth-order valence-electron chi connectivity index (χ4n) is 3.94. The van der Waals surface area contributed by atoms with Gasteiger partial charge in [-0.2, -0.15) is 0 Å². The van der Waals surface area contributed by atoms with Gasteiger partial charge in [0.25, 0.3) is 5.91 Å². The average Bonchev–Trinajstić information content (AvgIpc) is 3.34. The van der Waals surface area contributed by atoms with Crippen LogP contribution in [0.3, 0.4) is 0 Å². The number of carbonyl (C=O) groups is 3. The Bertz CT molecular complexity index is 1180. The minimum absolute atomic E-state index is 0.135. The van der Waals surface area contributed by atoms with Crippen LogP contribution >= 0.6 is 11.3 Å². The molecule has 2 heterocycles. The highest BCUT2D eigenvalue weighted by molar-refractivity contribution is 7.09. The first-order chi connectivity index (χ1) is 15.8. The van der Waals surface area contributed by atoms with Crippen LogP contribution in [0.4, 0.5) is 14.9 Å². The maximum atomic E-state index is 13.5. The third kappa shape index (κ3) is 4.36. The van der Waals surface area contributed by atoms with Gasteiger partial charge in [0.15, 0.2) is 0 Å². The van der Waals surface area contributed by atoms with Crippen molar-refractivity contribution in [1.29, 1.82) is 0 Å². The topological polar surface area (TPSA) is 82.6 Å². The van der Waals surface area contributed by atoms with E-state index in [4.69, 9.17) is 0 Å². The van der Waals surface area contributed by atoms with Crippen LogP contribution < -0.4 is 10.2 Å². The van der Waals surface area contributed by atoms with Crippen molar-refractivity contribution in [1.82, 2.24) is 15.2 Å². The lowest BCUT2D eigenvalue weighted by Gasteiger charge is -2.27. The van der Waals surface area contributed by atoms with Gasteiger partial charge in [-0.3, -0.25) is 14.5 Å². The molecular weight excluding hydrogens is 443 g/mol. The Hall–Kier alpha value is -3.59. The van der Waals surface area contributed by atoms with Crippen molar-refractivity contribution >= 4 is 34.9 Å². The van der Waals surface area contributed by atoms with Crippen LogP contribution in [-0.2, 0) is 21.7 Å². The van der Waals surface area contributed by atoms with E-state index in [1.54, 1.807) is 24.3 Å². The summed E-state index contributed by atoms with van der Waals surface area (Å²) >= 11 is 1.45. The Labute approximate surface area is 194 Å². The van der Waals surface area contributed by atoms with E-state index in [0.29, 0.717) is 23.4 Å². The molecule has 3 aromatic rings. The summed E-state index contributed by atoms with van der Waals surface area (Å²) in [6, 6.07) is 13.8. The van der Waals surface area contributed by atoms with Gasteiger partial charge >= 0.3 is 6.03 Å². The number of benzene rings is 2. The molecule has 0 bridgehead atoms. The second-order valence-electron chi connectivity index (χ2n) is 7.76. The van der Waals surface area contributed by atoms with Crippen molar-refractivity contribution in [3.63, 3.8) is 0 Å². The van der Waals surface area contributed by atoms with Crippen LogP contribution in [0.25, 0.3) is 0 Å². The first kappa shape index (κ1) is 22.6. The molecule has 1 unspecified atom stereocenters. The Morgan fingerprint density at radius 3 is 2.45 bits per heavy atom. The molecule has 1 fully saturated rings. The second-order valence-corrected chi connectivity index (χ2v) is 8.82. The molecule has 1 aliphatic rings. The quantitative estimate of drug-likeness (QED) is 0.534. The lowest BCUT2D eigenvalue weighted by atomic mass is 9.87. The standard InChI is InChI=1S/C24H23FN4O3S/c1-3-24(17-7-5-4-6-8-17)22(31)29(23(32)27-24)14-21(30)28(13-19-15-33-16(2)26-19)20-11-9-18(25)10-12-20/h4-12,15H,3,13-14H2,1-2H3,(H,27,32). The molecule has 4 amide bonds. The van der Waals surface area contributed by atoms with Crippen molar-refractivity contribution in [2.75, 3.05) is 11.4 Å². The lowest BCUT2D eigenvalue weighted by Crippen LogP contribution is -2.45. The van der Waals surface area contributed by atoms with Crippen molar-refractivity contribution in [2.24, 2.45) is 0 Å². The number of hydrogen-bond acceptors (Lipinski definition) is 5. The Kier molecular flexibility index (Phi) is 6.24. The third-order valence-electron chi connectivity index (χ3n) is 5.69. The van der Waals surface area contributed by atoms with E-state index < -0.39 is 35.7 Å². The number of nitrogens with one attached hydrogen (secondary N) is 1. The molecule has 1 aromatic heterocycles. The number of urea groups is 1. The van der Waals surface area contributed by atoms with Gasteiger partial charge in [-0.1, -0.05) is 37.3 Å². The molecule has 1 atom stereocenters. The monoisotopic (exact) mass is 466 g/mol. The summed E-state index contributed by atoms with van der Waals surface area (Å²) in [6.45, 7) is 3.36. The van der Waals surface area contributed by atoms with E-state index in [9.17, 15) is 18.8 Å². The summed E-state index contributed by atoms with van der Waals surface area (Å²) < 4.78 is 13.5. The molecule has 0 aliphatic carbocycles. The number of hydrogen-bond donors (Lipinski definition) is 1. The highest BCUT2D eigenvalue weighted by atomic mass is 32.1. The smallest absolute Gasteiger partial charge is 0.319 e. The maximum absolute atomic E-state index is 13.5. The zero-order valence-electron chi connectivity index (χ0n) is 18.2. The van der Waals surface area contributed by atoms with Crippen LogP contribution in [0.15, 0.2) is 60.0 Å². The largest absolute Gasteiger partial charge is 0.325 e. The molecule has 4 rings (SSSR count). The molecule has 0 spiro atoms. The minimum atomic E-state index is -1.22. The van der Waals surface area contributed by atoms with E-state index in [-0.39, 0.29) is 6.54 Å². The molecule has 1 aliphatic heterocycles. The Morgan fingerprint density at radius 2 is 1.85 bits per heavy atom. The number of imide groups is 1. The molecular formula is C24H23FN4O3S. The van der Waals surface area contributed by atoms with Crippen molar-refractivity contribution in [3.05, 3.63) is 82.1 Å². The number of nitrogens with zero attached hydrogens (tertiary/aromatic N) is 3. The van der Waals surface area contributed by atoms with Gasteiger partial charge in [0.1, 0.15) is 17.9 Å². The summed E-state index contributed by atoms with van der Waals surface area (Å²) in [5.41, 5.74) is 0.559. The van der Waals surface area contributed by atoms with E-state index in [1.807, 2.05) is 25.3 Å². The fraction of sp³-hybridized carbons (Fsp3) is 0.250. The predicted molar refractivity (Wildman–Crippen MR) is 123 cm³/mol. The molecule has 7 nitrogen and oxygen atoms in total. The number of rotatable bonds is 7.